The van der Waals surface area contributed by atoms with Gasteiger partial charge in [-0.05, 0) is 11.8 Å². The van der Waals surface area contributed by atoms with Crippen LogP contribution in [-0.4, -0.2) is 32.3 Å². The highest BCUT2D eigenvalue weighted by Crippen LogP contribution is 1.99. The van der Waals surface area contributed by atoms with Crippen molar-refractivity contribution >= 4 is 18.1 Å². The van der Waals surface area contributed by atoms with E-state index in [0.717, 1.165) is 17.1 Å². The van der Waals surface area contributed by atoms with E-state index in [1.54, 1.807) is 6.92 Å². The number of nitrogens with zero attached hydrogens (tertiary/aromatic N) is 4. The van der Waals surface area contributed by atoms with Crippen LogP contribution < -0.4 is 0 Å². The molecule has 0 atom stereocenters. The maximum atomic E-state index is 10.9. The lowest BCUT2D eigenvalue weighted by molar-refractivity contribution is -0.394. The van der Waals surface area contributed by atoms with Gasteiger partial charge in [0, 0.05) is 11.2 Å². The quantitative estimate of drug-likeness (QED) is 0.306. The van der Waals surface area contributed by atoms with Crippen molar-refractivity contribution in [2.75, 3.05) is 6.61 Å². The molecule has 0 amide bonds. The van der Waals surface area contributed by atoms with Crippen LogP contribution in [0, 0.1) is 10.1 Å². The molecule has 0 N–H and O–H groups in total. The Morgan fingerprint density at radius 3 is 3.07 bits per heavy atom. The van der Waals surface area contributed by atoms with Crippen molar-refractivity contribution in [3.8, 4) is 0 Å². The molecule has 0 aliphatic rings. The van der Waals surface area contributed by atoms with Crippen molar-refractivity contribution in [3.05, 3.63) is 22.5 Å². The summed E-state index contributed by atoms with van der Waals surface area (Å²) < 4.78 is 5.65. The predicted molar refractivity (Wildman–Crippen MR) is 48.6 cm³/mol. The number of nitro groups is 1. The van der Waals surface area contributed by atoms with Crippen LogP contribution in [0.4, 0.5) is 5.95 Å². The molecule has 0 spiro atoms. The molecule has 0 saturated heterocycles. The summed E-state index contributed by atoms with van der Waals surface area (Å²) in [4.78, 5) is 23.7. The number of aromatic nitrogens is 3. The molecule has 1 aromatic rings. The molecule has 8 nitrogen and oxygen atoms in total. The number of carbonyl (C=O) groups excluding carboxylic acids is 1. The van der Waals surface area contributed by atoms with Crippen LogP contribution in [0.3, 0.4) is 0 Å². The summed E-state index contributed by atoms with van der Waals surface area (Å²) in [5.74, 6) is -1.07. The maximum absolute atomic E-state index is 10.9. The minimum atomic E-state index is -0.727. The molecule has 0 bridgehead atoms. The predicted octanol–water partition coefficient (Wildman–Crippen LogP) is 0.220. The summed E-state index contributed by atoms with van der Waals surface area (Å²) in [7, 11) is 0. The normalized spacial score (nSPS) is 10.5. The molecule has 0 unspecified atom stereocenters. The van der Waals surface area contributed by atoms with Crippen LogP contribution >= 0.6 is 0 Å². The zero-order valence-corrected chi connectivity index (χ0v) is 7.86. The Labute approximate surface area is 84.3 Å². The number of hydrogen-bond donors (Lipinski definition) is 0. The van der Waals surface area contributed by atoms with Crippen LogP contribution in [-0.2, 0) is 9.53 Å². The molecule has 0 radical (unpaired) electrons. The third kappa shape index (κ3) is 3.18. The van der Waals surface area contributed by atoms with Crippen LogP contribution in [0.1, 0.15) is 6.92 Å². The van der Waals surface area contributed by atoms with E-state index in [9.17, 15) is 14.9 Å². The fraction of sp³-hybridized carbons (Fsp3) is 0.286. The zero-order valence-electron chi connectivity index (χ0n) is 7.86. The first kappa shape index (κ1) is 10.8. The highest BCUT2D eigenvalue weighted by atomic mass is 16.6. The van der Waals surface area contributed by atoms with E-state index in [4.69, 9.17) is 0 Å². The zero-order chi connectivity index (χ0) is 11.3. The van der Waals surface area contributed by atoms with E-state index in [1.807, 2.05) is 0 Å². The van der Waals surface area contributed by atoms with Gasteiger partial charge in [-0.25, -0.2) is 4.79 Å². The minimum absolute atomic E-state index is 0.265. The molecular weight excluding hydrogens is 204 g/mol. The van der Waals surface area contributed by atoms with Gasteiger partial charge in [-0.3, -0.25) is 0 Å². The van der Waals surface area contributed by atoms with Gasteiger partial charge in [0.1, 0.15) is 0 Å². The topological polar surface area (TPSA) is 100 Å². The summed E-state index contributed by atoms with van der Waals surface area (Å²) in [5, 5.41) is 13.7. The second-order valence-electron chi connectivity index (χ2n) is 2.35. The van der Waals surface area contributed by atoms with Crippen molar-refractivity contribution in [2.24, 2.45) is 0 Å². The lowest BCUT2D eigenvalue weighted by Crippen LogP contribution is -2.00. The lowest BCUT2D eigenvalue weighted by atomic mass is 10.6. The van der Waals surface area contributed by atoms with E-state index in [1.165, 1.54) is 6.20 Å². The van der Waals surface area contributed by atoms with Gasteiger partial charge in [0.25, 0.3) is 0 Å². The van der Waals surface area contributed by atoms with Crippen molar-refractivity contribution < 1.29 is 14.5 Å². The Morgan fingerprint density at radius 2 is 2.53 bits per heavy atom. The largest absolute Gasteiger partial charge is 0.491 e. The molecule has 15 heavy (non-hydrogen) atoms. The van der Waals surface area contributed by atoms with Gasteiger partial charge in [-0.15, -0.1) is 4.68 Å². The van der Waals surface area contributed by atoms with Crippen LogP contribution in [0.2, 0.25) is 0 Å². The summed E-state index contributed by atoms with van der Waals surface area (Å²) >= 11 is 0. The fourth-order valence-corrected chi connectivity index (χ4v) is 0.749. The summed E-state index contributed by atoms with van der Waals surface area (Å²) in [6.07, 6.45) is 3.44. The SMILES string of the molecule is CCOC(=O)/C=C\n1cnc([N+](=O)[O-])n1. The molecular formula is C7H8N4O4. The van der Waals surface area contributed by atoms with Gasteiger partial charge < -0.3 is 14.9 Å². The number of ether oxygens (including phenoxy) is 1. The fourth-order valence-electron chi connectivity index (χ4n) is 0.749. The number of hydrogen-bond acceptors (Lipinski definition) is 6. The van der Waals surface area contributed by atoms with E-state index in [-0.39, 0.29) is 6.61 Å². The van der Waals surface area contributed by atoms with E-state index in [0.29, 0.717) is 0 Å². The number of rotatable bonds is 4. The molecule has 80 valence electrons. The Kier molecular flexibility index (Phi) is 3.49. The first-order valence-corrected chi connectivity index (χ1v) is 4.04. The van der Waals surface area contributed by atoms with Gasteiger partial charge in [0.05, 0.1) is 12.8 Å². The summed E-state index contributed by atoms with van der Waals surface area (Å²) in [5.41, 5.74) is 0. The standard InChI is InChI=1S/C7H8N4O4/c1-2-15-6(12)3-4-10-5-8-7(9-10)11(13)14/h3-5H,2H2,1H3/b4-3-. The summed E-state index contributed by atoms with van der Waals surface area (Å²) in [6, 6.07) is 0. The van der Waals surface area contributed by atoms with Crippen molar-refractivity contribution in [3.63, 3.8) is 0 Å². The molecule has 1 rings (SSSR count). The van der Waals surface area contributed by atoms with Crippen molar-refractivity contribution in [1.29, 1.82) is 0 Å². The van der Waals surface area contributed by atoms with E-state index in [2.05, 4.69) is 14.8 Å². The van der Waals surface area contributed by atoms with Crippen molar-refractivity contribution in [2.45, 2.75) is 6.92 Å². The maximum Gasteiger partial charge on any atom is 0.491 e. The molecule has 1 heterocycles. The Morgan fingerprint density at radius 1 is 1.80 bits per heavy atom. The highest BCUT2D eigenvalue weighted by molar-refractivity contribution is 5.84. The van der Waals surface area contributed by atoms with Crippen LogP contribution in [0.5, 0.6) is 0 Å². The Balaban J connectivity index is 2.64. The molecule has 1 aromatic heterocycles. The average molecular weight is 212 g/mol. The monoisotopic (exact) mass is 212 g/mol. The van der Waals surface area contributed by atoms with Crippen LogP contribution in [0.15, 0.2) is 12.4 Å². The number of esters is 1. The van der Waals surface area contributed by atoms with Crippen molar-refractivity contribution in [1.82, 2.24) is 14.8 Å². The Bertz CT molecular complexity index is 397. The third-order valence-electron chi connectivity index (χ3n) is 1.31. The molecule has 0 aliphatic heterocycles. The average Bonchev–Trinajstić information content (AvgIpc) is 2.63. The minimum Gasteiger partial charge on any atom is -0.463 e. The molecule has 0 saturated carbocycles. The van der Waals surface area contributed by atoms with E-state index < -0.39 is 16.8 Å². The van der Waals surface area contributed by atoms with Gasteiger partial charge in [0.2, 0.25) is 6.33 Å². The smallest absolute Gasteiger partial charge is 0.463 e. The Hall–Kier alpha value is -2.25. The lowest BCUT2D eigenvalue weighted by Gasteiger charge is -1.92. The second-order valence-corrected chi connectivity index (χ2v) is 2.35. The van der Waals surface area contributed by atoms with Gasteiger partial charge >= 0.3 is 11.9 Å². The highest BCUT2D eigenvalue weighted by Gasteiger charge is 2.11. The van der Waals surface area contributed by atoms with Crippen LogP contribution in [0.25, 0.3) is 6.20 Å². The van der Waals surface area contributed by atoms with E-state index >= 15 is 0 Å². The molecule has 0 fully saturated rings. The summed E-state index contributed by atoms with van der Waals surface area (Å²) in [6.45, 7) is 1.94. The van der Waals surface area contributed by atoms with Gasteiger partial charge in [0.15, 0.2) is 0 Å². The number of carbonyl (C=O) groups is 1. The van der Waals surface area contributed by atoms with Gasteiger partial charge in [-0.1, -0.05) is 4.98 Å². The molecule has 0 aromatic carbocycles. The second kappa shape index (κ2) is 4.84. The first-order chi connectivity index (χ1) is 7.13. The first-order valence-electron chi connectivity index (χ1n) is 4.04. The van der Waals surface area contributed by atoms with Gasteiger partial charge in [-0.2, -0.15) is 0 Å². The molecule has 8 heteroatoms. The third-order valence-corrected chi connectivity index (χ3v) is 1.31. The molecule has 0 aliphatic carbocycles.